The topological polar surface area (TPSA) is 66.0 Å². The van der Waals surface area contributed by atoms with Crippen LogP contribution in [0.15, 0.2) is 45.9 Å². The molecule has 25 heavy (non-hydrogen) atoms. The lowest BCUT2D eigenvalue weighted by molar-refractivity contribution is -0.127. The van der Waals surface area contributed by atoms with Crippen molar-refractivity contribution >= 4 is 27.8 Å². The molecule has 1 amide bonds. The van der Waals surface area contributed by atoms with E-state index in [0.29, 0.717) is 19.0 Å². The van der Waals surface area contributed by atoms with E-state index in [2.05, 4.69) is 38.1 Å². The second kappa shape index (κ2) is 10.8. The van der Waals surface area contributed by atoms with Gasteiger partial charge >= 0.3 is 0 Å². The van der Waals surface area contributed by atoms with Gasteiger partial charge in [0.15, 0.2) is 5.96 Å². The number of aliphatic imine (C=N–C) groups is 1. The molecule has 1 aromatic rings. The quantitative estimate of drug-likeness (QED) is 0.392. The third kappa shape index (κ3) is 8.58. The molecule has 7 heteroatoms. The number of carbonyl (C=O) groups excluding carboxylic acids is 1. The lowest BCUT2D eigenvalue weighted by atomic mass is 10.3. The molecule has 0 fully saturated rings. The van der Waals surface area contributed by atoms with Crippen molar-refractivity contribution in [2.45, 2.75) is 20.0 Å². The Balaban J connectivity index is 2.60. The highest BCUT2D eigenvalue weighted by Gasteiger charge is 2.09. The van der Waals surface area contributed by atoms with E-state index >= 15 is 0 Å². The molecule has 1 atom stereocenters. The van der Waals surface area contributed by atoms with E-state index in [4.69, 9.17) is 4.74 Å². The number of para-hydroxylation sites is 1. The molecule has 0 aliphatic rings. The summed E-state index contributed by atoms with van der Waals surface area (Å²) < 4.78 is 6.81. The summed E-state index contributed by atoms with van der Waals surface area (Å²) >= 11 is 3.47. The van der Waals surface area contributed by atoms with Gasteiger partial charge in [0, 0.05) is 20.6 Å². The highest BCUT2D eigenvalue weighted by molar-refractivity contribution is 9.10. The first-order valence-corrected chi connectivity index (χ1v) is 8.86. The van der Waals surface area contributed by atoms with Crippen LogP contribution in [0.2, 0.25) is 0 Å². The summed E-state index contributed by atoms with van der Waals surface area (Å²) in [4.78, 5) is 17.5. The summed E-state index contributed by atoms with van der Waals surface area (Å²) in [6, 6.07) is 7.70. The fraction of sp³-hybridized carbons (Fsp3) is 0.444. The summed E-state index contributed by atoms with van der Waals surface area (Å²) in [5.74, 6) is 1.28. The van der Waals surface area contributed by atoms with E-state index < -0.39 is 0 Å². The lowest BCUT2D eigenvalue weighted by Crippen LogP contribution is -2.43. The highest BCUT2D eigenvalue weighted by atomic mass is 79.9. The minimum Gasteiger partial charge on any atom is -0.488 e. The van der Waals surface area contributed by atoms with Crippen LogP contribution in [0.1, 0.15) is 13.8 Å². The molecule has 0 spiro atoms. The van der Waals surface area contributed by atoms with Crippen molar-refractivity contribution in [3.63, 3.8) is 0 Å². The molecule has 1 aromatic carbocycles. The number of nitrogens with one attached hydrogen (secondary N) is 2. The summed E-state index contributed by atoms with van der Waals surface area (Å²) in [7, 11) is 3.42. The molecule has 0 bridgehead atoms. The molecule has 0 saturated carbocycles. The predicted octanol–water partition coefficient (Wildman–Crippen LogP) is 2.42. The molecule has 6 nitrogen and oxygen atoms in total. The van der Waals surface area contributed by atoms with Crippen molar-refractivity contribution in [2.24, 2.45) is 4.99 Å². The molecule has 0 heterocycles. The number of ether oxygens (including phenoxy) is 1. The van der Waals surface area contributed by atoms with E-state index in [1.807, 2.05) is 38.1 Å². The summed E-state index contributed by atoms with van der Waals surface area (Å²) in [6.45, 7) is 8.96. The molecule has 0 radical (unpaired) electrons. The summed E-state index contributed by atoms with van der Waals surface area (Å²) in [5.41, 5.74) is 0.978. The van der Waals surface area contributed by atoms with E-state index in [1.165, 1.54) is 4.90 Å². The van der Waals surface area contributed by atoms with Crippen LogP contribution in [0.5, 0.6) is 5.75 Å². The van der Waals surface area contributed by atoms with Gasteiger partial charge < -0.3 is 20.3 Å². The minimum atomic E-state index is -0.0833. The molecule has 0 aromatic heterocycles. The van der Waals surface area contributed by atoms with Gasteiger partial charge in [0.2, 0.25) is 5.91 Å². The van der Waals surface area contributed by atoms with Crippen molar-refractivity contribution in [3.05, 3.63) is 40.9 Å². The normalized spacial score (nSPS) is 12.3. The standard InChI is InChI=1S/C18H27BrN4O2/c1-13(2)10-20-18(22-12-17(24)23(4)5)21-11-14(3)25-16-9-7-6-8-15(16)19/h6-9,14H,1,10-12H2,2-5H3,(H2,20,21,22). The number of hydrogen-bond acceptors (Lipinski definition) is 3. The Bertz CT molecular complexity index is 617. The SMILES string of the molecule is C=C(C)CNC(=NCC(=O)N(C)C)NCC(C)Oc1ccccc1Br. The first kappa shape index (κ1) is 21.0. The Hall–Kier alpha value is -2.02. The van der Waals surface area contributed by atoms with Gasteiger partial charge in [0.25, 0.3) is 0 Å². The molecule has 0 aliphatic heterocycles. The Kier molecular flexibility index (Phi) is 9.05. The van der Waals surface area contributed by atoms with Gasteiger partial charge in [-0.15, -0.1) is 0 Å². The van der Waals surface area contributed by atoms with E-state index in [0.717, 1.165) is 15.8 Å². The molecule has 2 N–H and O–H groups in total. The van der Waals surface area contributed by atoms with Gasteiger partial charge in [-0.05, 0) is 41.9 Å². The number of hydrogen-bond donors (Lipinski definition) is 2. The van der Waals surface area contributed by atoms with Gasteiger partial charge in [-0.25, -0.2) is 4.99 Å². The Labute approximate surface area is 158 Å². The predicted molar refractivity (Wildman–Crippen MR) is 106 cm³/mol. The van der Waals surface area contributed by atoms with Gasteiger partial charge in [-0.1, -0.05) is 24.3 Å². The molecular formula is C18H27BrN4O2. The van der Waals surface area contributed by atoms with Gasteiger partial charge in [-0.3, -0.25) is 4.79 Å². The largest absolute Gasteiger partial charge is 0.488 e. The van der Waals surface area contributed by atoms with Crippen LogP contribution < -0.4 is 15.4 Å². The number of nitrogens with zero attached hydrogens (tertiary/aromatic N) is 2. The van der Waals surface area contributed by atoms with Crippen LogP contribution in [0.3, 0.4) is 0 Å². The van der Waals surface area contributed by atoms with E-state index in [9.17, 15) is 4.79 Å². The second-order valence-electron chi connectivity index (χ2n) is 6.00. The number of carbonyl (C=O) groups is 1. The fourth-order valence-corrected chi connectivity index (χ4v) is 2.11. The van der Waals surface area contributed by atoms with E-state index in [-0.39, 0.29) is 18.6 Å². The van der Waals surface area contributed by atoms with Crippen molar-refractivity contribution in [1.82, 2.24) is 15.5 Å². The lowest BCUT2D eigenvalue weighted by Gasteiger charge is -2.19. The van der Waals surface area contributed by atoms with Gasteiger partial charge in [0.1, 0.15) is 18.4 Å². The average Bonchev–Trinajstić information content (AvgIpc) is 2.55. The average molecular weight is 411 g/mol. The van der Waals surface area contributed by atoms with Crippen LogP contribution in [-0.4, -0.2) is 56.6 Å². The maximum Gasteiger partial charge on any atom is 0.243 e. The van der Waals surface area contributed by atoms with Crippen LogP contribution in [0.4, 0.5) is 0 Å². The van der Waals surface area contributed by atoms with Crippen molar-refractivity contribution in [1.29, 1.82) is 0 Å². The zero-order chi connectivity index (χ0) is 18.8. The van der Waals surface area contributed by atoms with Crippen molar-refractivity contribution in [3.8, 4) is 5.75 Å². The number of likely N-dealkylation sites (N-methyl/N-ethyl adjacent to an activating group) is 1. The van der Waals surface area contributed by atoms with Crippen molar-refractivity contribution in [2.75, 3.05) is 33.7 Å². The number of guanidine groups is 1. The molecular weight excluding hydrogens is 384 g/mol. The van der Waals surface area contributed by atoms with E-state index in [1.54, 1.807) is 14.1 Å². The molecule has 0 aliphatic carbocycles. The Morgan fingerprint density at radius 3 is 2.64 bits per heavy atom. The first-order chi connectivity index (χ1) is 11.8. The smallest absolute Gasteiger partial charge is 0.243 e. The molecule has 0 saturated heterocycles. The van der Waals surface area contributed by atoms with Crippen LogP contribution in [-0.2, 0) is 4.79 Å². The first-order valence-electron chi connectivity index (χ1n) is 8.07. The third-order valence-corrected chi connectivity index (χ3v) is 3.81. The number of benzene rings is 1. The fourth-order valence-electron chi connectivity index (χ4n) is 1.74. The van der Waals surface area contributed by atoms with Crippen molar-refractivity contribution < 1.29 is 9.53 Å². The second-order valence-corrected chi connectivity index (χ2v) is 6.86. The third-order valence-electron chi connectivity index (χ3n) is 3.15. The zero-order valence-electron chi connectivity index (χ0n) is 15.3. The monoisotopic (exact) mass is 410 g/mol. The minimum absolute atomic E-state index is 0.0612. The molecule has 1 rings (SSSR count). The van der Waals surface area contributed by atoms with Gasteiger partial charge in [-0.2, -0.15) is 0 Å². The Morgan fingerprint density at radius 1 is 1.36 bits per heavy atom. The molecule has 1 unspecified atom stereocenters. The van der Waals surface area contributed by atoms with Gasteiger partial charge in [0.05, 0.1) is 11.0 Å². The number of amides is 1. The maximum atomic E-state index is 11.7. The number of halogens is 1. The van der Waals surface area contributed by atoms with Crippen LogP contribution in [0, 0.1) is 0 Å². The highest BCUT2D eigenvalue weighted by Crippen LogP contribution is 2.24. The maximum absolute atomic E-state index is 11.7. The van der Waals surface area contributed by atoms with Crippen LogP contribution >= 0.6 is 15.9 Å². The van der Waals surface area contributed by atoms with Crippen LogP contribution in [0.25, 0.3) is 0 Å². The Morgan fingerprint density at radius 2 is 2.04 bits per heavy atom. The summed E-state index contributed by atoms with van der Waals surface area (Å²) in [5, 5.41) is 6.34. The zero-order valence-corrected chi connectivity index (χ0v) is 16.9. The summed E-state index contributed by atoms with van der Waals surface area (Å²) in [6.07, 6.45) is -0.0833. The molecule has 138 valence electrons. The number of rotatable bonds is 8.